The number of hydrogen-bond acceptors (Lipinski definition) is 2. The van der Waals surface area contributed by atoms with Crippen LogP contribution in [-0.4, -0.2) is 18.2 Å². The largest absolute Gasteiger partial charge is 0.481 e. The Hall–Kier alpha value is -1.35. The molecule has 1 rings (SSSR count). The van der Waals surface area contributed by atoms with Crippen molar-refractivity contribution >= 4 is 5.97 Å². The molecule has 1 N–H and O–H groups in total. The minimum atomic E-state index is -0.738. The van der Waals surface area contributed by atoms with Gasteiger partial charge in [-0.05, 0) is 37.8 Å². The summed E-state index contributed by atoms with van der Waals surface area (Å²) in [5, 5.41) is 8.59. The van der Waals surface area contributed by atoms with Crippen LogP contribution in [0.4, 0.5) is 0 Å². The minimum Gasteiger partial charge on any atom is -0.481 e. The van der Waals surface area contributed by atoms with Gasteiger partial charge in [0.15, 0.2) is 0 Å². The predicted octanol–water partition coefficient (Wildman–Crippen LogP) is 2.98. The van der Waals surface area contributed by atoms with Gasteiger partial charge in [0, 0.05) is 13.5 Å². The van der Waals surface area contributed by atoms with Gasteiger partial charge in [-0.1, -0.05) is 24.3 Å². The maximum absolute atomic E-state index is 10.4. The molecule has 0 unspecified atom stereocenters. The number of carboxylic acids is 1. The second-order valence-electron chi connectivity index (χ2n) is 4.66. The summed E-state index contributed by atoms with van der Waals surface area (Å²) in [6, 6.07) is 8.14. The maximum Gasteiger partial charge on any atom is 0.303 e. The highest BCUT2D eigenvalue weighted by Gasteiger charge is 2.19. The van der Waals surface area contributed by atoms with E-state index in [2.05, 4.69) is 6.07 Å². The standard InChI is InChI=1S/C14H20O3/c1-14(2,17-3)12-8-4-6-11(10-12)7-5-9-13(15)16/h4,6,8,10H,5,7,9H2,1-3H3,(H,15,16). The van der Waals surface area contributed by atoms with Crippen LogP contribution in [-0.2, 0) is 21.6 Å². The van der Waals surface area contributed by atoms with Crippen molar-refractivity contribution in [2.24, 2.45) is 0 Å². The summed E-state index contributed by atoms with van der Waals surface area (Å²) in [7, 11) is 1.69. The van der Waals surface area contributed by atoms with Crippen molar-refractivity contribution in [3.63, 3.8) is 0 Å². The van der Waals surface area contributed by atoms with Crippen LogP contribution in [0.1, 0.15) is 37.8 Å². The van der Waals surface area contributed by atoms with Gasteiger partial charge in [0.1, 0.15) is 0 Å². The molecule has 94 valence electrons. The van der Waals surface area contributed by atoms with Crippen LogP contribution in [0.2, 0.25) is 0 Å². The van der Waals surface area contributed by atoms with Gasteiger partial charge >= 0.3 is 5.97 Å². The summed E-state index contributed by atoms with van der Waals surface area (Å²) >= 11 is 0. The van der Waals surface area contributed by atoms with Crippen molar-refractivity contribution in [3.05, 3.63) is 35.4 Å². The van der Waals surface area contributed by atoms with Crippen LogP contribution in [0.15, 0.2) is 24.3 Å². The Morgan fingerprint density at radius 2 is 2.12 bits per heavy atom. The van der Waals surface area contributed by atoms with E-state index < -0.39 is 5.97 Å². The normalized spacial score (nSPS) is 11.5. The van der Waals surface area contributed by atoms with Crippen molar-refractivity contribution in [1.82, 2.24) is 0 Å². The number of aryl methyl sites for hydroxylation is 1. The fraction of sp³-hybridized carbons (Fsp3) is 0.500. The summed E-state index contributed by atoms with van der Waals surface area (Å²) in [4.78, 5) is 10.4. The molecule has 0 aliphatic carbocycles. The van der Waals surface area contributed by atoms with Crippen molar-refractivity contribution in [1.29, 1.82) is 0 Å². The van der Waals surface area contributed by atoms with Gasteiger partial charge in [-0.3, -0.25) is 4.79 Å². The van der Waals surface area contributed by atoms with Crippen LogP contribution in [0.3, 0.4) is 0 Å². The Labute approximate surface area is 102 Å². The summed E-state index contributed by atoms with van der Waals surface area (Å²) in [6.45, 7) is 4.03. The van der Waals surface area contributed by atoms with E-state index >= 15 is 0 Å². The topological polar surface area (TPSA) is 46.5 Å². The molecule has 0 fully saturated rings. The molecular formula is C14H20O3. The van der Waals surface area contributed by atoms with E-state index in [9.17, 15) is 4.79 Å². The zero-order valence-corrected chi connectivity index (χ0v) is 10.7. The highest BCUT2D eigenvalue weighted by Crippen LogP contribution is 2.24. The van der Waals surface area contributed by atoms with Crippen molar-refractivity contribution < 1.29 is 14.6 Å². The molecule has 1 aromatic carbocycles. The molecule has 0 heterocycles. The Bertz CT molecular complexity index is 383. The van der Waals surface area contributed by atoms with Gasteiger partial charge in [-0.2, -0.15) is 0 Å². The Morgan fingerprint density at radius 3 is 2.71 bits per heavy atom. The molecule has 17 heavy (non-hydrogen) atoms. The first-order valence-corrected chi connectivity index (χ1v) is 5.82. The van der Waals surface area contributed by atoms with E-state index in [1.165, 1.54) is 0 Å². The van der Waals surface area contributed by atoms with Crippen LogP contribution < -0.4 is 0 Å². The fourth-order valence-corrected chi connectivity index (χ4v) is 1.66. The number of hydrogen-bond donors (Lipinski definition) is 1. The second-order valence-corrected chi connectivity index (χ2v) is 4.66. The van der Waals surface area contributed by atoms with Gasteiger partial charge < -0.3 is 9.84 Å². The molecular weight excluding hydrogens is 216 g/mol. The van der Waals surface area contributed by atoms with Crippen molar-refractivity contribution in [2.75, 3.05) is 7.11 Å². The first-order chi connectivity index (χ1) is 7.95. The number of ether oxygens (including phenoxy) is 1. The second kappa shape index (κ2) is 5.82. The summed E-state index contributed by atoms with van der Waals surface area (Å²) in [5.41, 5.74) is 1.98. The molecule has 0 aliphatic heterocycles. The van der Waals surface area contributed by atoms with Crippen LogP contribution in [0.25, 0.3) is 0 Å². The minimum absolute atomic E-state index is 0.220. The molecule has 3 heteroatoms. The lowest BCUT2D eigenvalue weighted by molar-refractivity contribution is -0.137. The van der Waals surface area contributed by atoms with Gasteiger partial charge in [0.05, 0.1) is 5.60 Å². The SMILES string of the molecule is COC(C)(C)c1cccc(CCCC(=O)O)c1. The van der Waals surface area contributed by atoms with Gasteiger partial charge in [-0.15, -0.1) is 0 Å². The van der Waals surface area contributed by atoms with Crippen molar-refractivity contribution in [3.8, 4) is 0 Å². The van der Waals surface area contributed by atoms with Crippen LogP contribution >= 0.6 is 0 Å². The Kier molecular flexibility index (Phi) is 4.70. The molecule has 3 nitrogen and oxygen atoms in total. The van der Waals surface area contributed by atoms with E-state index in [-0.39, 0.29) is 12.0 Å². The van der Waals surface area contributed by atoms with E-state index in [1.54, 1.807) is 7.11 Å². The maximum atomic E-state index is 10.4. The third-order valence-electron chi connectivity index (χ3n) is 2.99. The van der Waals surface area contributed by atoms with Crippen LogP contribution in [0.5, 0.6) is 0 Å². The summed E-state index contributed by atoms with van der Waals surface area (Å²) in [6.07, 6.45) is 1.68. The summed E-state index contributed by atoms with van der Waals surface area (Å²) in [5.74, 6) is -0.738. The highest BCUT2D eigenvalue weighted by atomic mass is 16.5. The number of benzene rings is 1. The molecule has 0 aliphatic rings. The Morgan fingerprint density at radius 1 is 1.41 bits per heavy atom. The number of aliphatic carboxylic acids is 1. The number of methoxy groups -OCH3 is 1. The monoisotopic (exact) mass is 236 g/mol. The van der Waals surface area contributed by atoms with E-state index in [0.717, 1.165) is 17.5 Å². The number of carboxylic acid groups (broad SMARTS) is 1. The molecule has 0 saturated heterocycles. The highest BCUT2D eigenvalue weighted by molar-refractivity contribution is 5.66. The van der Waals surface area contributed by atoms with E-state index in [4.69, 9.17) is 9.84 Å². The first kappa shape index (κ1) is 13.7. The smallest absolute Gasteiger partial charge is 0.303 e. The summed E-state index contributed by atoms with van der Waals surface area (Å²) < 4.78 is 5.43. The third kappa shape index (κ3) is 4.19. The van der Waals surface area contributed by atoms with E-state index in [1.807, 2.05) is 32.0 Å². The predicted molar refractivity (Wildman–Crippen MR) is 67.1 cm³/mol. The molecule has 0 spiro atoms. The van der Waals surface area contributed by atoms with Gasteiger partial charge in [-0.25, -0.2) is 0 Å². The fourth-order valence-electron chi connectivity index (χ4n) is 1.66. The molecule has 0 saturated carbocycles. The van der Waals surface area contributed by atoms with Gasteiger partial charge in [0.25, 0.3) is 0 Å². The molecule has 0 aromatic heterocycles. The lowest BCUT2D eigenvalue weighted by atomic mass is 9.95. The molecule has 0 atom stereocenters. The van der Waals surface area contributed by atoms with Gasteiger partial charge in [0.2, 0.25) is 0 Å². The average Bonchev–Trinajstić information content (AvgIpc) is 2.29. The molecule has 0 radical (unpaired) electrons. The molecule has 0 bridgehead atoms. The Balaban J connectivity index is 2.69. The zero-order valence-electron chi connectivity index (χ0n) is 10.7. The third-order valence-corrected chi connectivity index (χ3v) is 2.99. The zero-order chi connectivity index (χ0) is 12.9. The molecule has 0 amide bonds. The first-order valence-electron chi connectivity index (χ1n) is 5.82. The number of carbonyl (C=O) groups is 1. The van der Waals surface area contributed by atoms with E-state index in [0.29, 0.717) is 6.42 Å². The number of rotatable bonds is 6. The lowest BCUT2D eigenvalue weighted by Crippen LogP contribution is -2.19. The van der Waals surface area contributed by atoms with Crippen molar-refractivity contribution in [2.45, 2.75) is 38.7 Å². The van der Waals surface area contributed by atoms with Crippen LogP contribution in [0, 0.1) is 0 Å². The quantitative estimate of drug-likeness (QED) is 0.826. The lowest BCUT2D eigenvalue weighted by Gasteiger charge is -2.24. The molecule has 1 aromatic rings. The average molecular weight is 236 g/mol.